The molecule has 1 aromatic rings. The molecule has 2 amide bonds. The van der Waals surface area contributed by atoms with Crippen LogP contribution >= 0.6 is 0 Å². The van der Waals surface area contributed by atoms with Gasteiger partial charge in [0.25, 0.3) is 11.8 Å². The molecule has 1 heterocycles. The van der Waals surface area contributed by atoms with Crippen LogP contribution in [0.1, 0.15) is 20.7 Å². The molecule has 0 aromatic heterocycles. The molecule has 1 N–H and O–H groups in total. The second-order valence-corrected chi connectivity index (χ2v) is 5.18. The smallest absolute Gasteiger partial charge is 0.261 e. The first-order valence-electron chi connectivity index (χ1n) is 6.85. The summed E-state index contributed by atoms with van der Waals surface area (Å²) >= 11 is 0. The molecule has 1 aromatic carbocycles. The number of nitrogens with zero attached hydrogens (tertiary/aromatic N) is 2. The summed E-state index contributed by atoms with van der Waals surface area (Å²) in [4.78, 5) is 27.4. The molecule has 0 bridgehead atoms. The van der Waals surface area contributed by atoms with Crippen molar-refractivity contribution in [3.8, 4) is 0 Å². The third-order valence-electron chi connectivity index (χ3n) is 3.46. The number of rotatable bonds is 7. The summed E-state index contributed by atoms with van der Waals surface area (Å²) in [5.74, 6) is -0.497. The molecule has 114 valence electrons. The Morgan fingerprint density at radius 1 is 1.24 bits per heavy atom. The number of aliphatic hydroxyl groups is 1. The van der Waals surface area contributed by atoms with Crippen LogP contribution in [0, 0.1) is 0 Å². The molecule has 1 unspecified atom stereocenters. The first kappa shape index (κ1) is 15.6. The first-order valence-corrected chi connectivity index (χ1v) is 6.85. The Bertz CT molecular complexity index is 497. The maximum Gasteiger partial charge on any atom is 0.261 e. The molecule has 0 saturated carbocycles. The van der Waals surface area contributed by atoms with E-state index in [1.165, 1.54) is 12.0 Å². The molecular weight excluding hydrogens is 272 g/mol. The number of fused-ring (bicyclic) bond motifs is 1. The van der Waals surface area contributed by atoms with Crippen molar-refractivity contribution in [2.75, 3.05) is 40.4 Å². The molecule has 6 nitrogen and oxygen atoms in total. The Hall–Kier alpha value is -1.76. The van der Waals surface area contributed by atoms with E-state index in [2.05, 4.69) is 0 Å². The zero-order chi connectivity index (χ0) is 15.4. The second kappa shape index (κ2) is 6.80. The zero-order valence-corrected chi connectivity index (χ0v) is 12.3. The van der Waals surface area contributed by atoms with Gasteiger partial charge >= 0.3 is 0 Å². The molecule has 6 heteroatoms. The van der Waals surface area contributed by atoms with Crippen molar-refractivity contribution in [3.05, 3.63) is 35.4 Å². The Balaban J connectivity index is 1.90. The highest BCUT2D eigenvalue weighted by Gasteiger charge is 2.34. The summed E-state index contributed by atoms with van der Waals surface area (Å²) in [6, 6.07) is 6.84. The highest BCUT2D eigenvalue weighted by molar-refractivity contribution is 6.21. The minimum Gasteiger partial charge on any atom is -0.389 e. The second-order valence-electron chi connectivity index (χ2n) is 5.18. The Morgan fingerprint density at radius 2 is 1.81 bits per heavy atom. The Morgan fingerprint density at radius 3 is 2.33 bits per heavy atom. The number of benzene rings is 1. The number of carbonyl (C=O) groups is 2. The molecule has 0 radical (unpaired) electrons. The van der Waals surface area contributed by atoms with Crippen molar-refractivity contribution in [1.29, 1.82) is 0 Å². The summed E-state index contributed by atoms with van der Waals surface area (Å²) in [6.45, 7) is 1.50. The van der Waals surface area contributed by atoms with E-state index >= 15 is 0 Å². The van der Waals surface area contributed by atoms with Crippen LogP contribution < -0.4 is 0 Å². The van der Waals surface area contributed by atoms with E-state index < -0.39 is 6.10 Å². The molecule has 1 aliphatic heterocycles. The van der Waals surface area contributed by atoms with E-state index in [0.717, 1.165) is 0 Å². The lowest BCUT2D eigenvalue weighted by Gasteiger charge is -2.22. The number of imide groups is 1. The van der Waals surface area contributed by atoms with E-state index in [1.54, 1.807) is 24.3 Å². The van der Waals surface area contributed by atoms with Crippen LogP contribution in [0.15, 0.2) is 24.3 Å². The quantitative estimate of drug-likeness (QED) is 0.728. The van der Waals surface area contributed by atoms with Crippen LogP contribution in [0.4, 0.5) is 0 Å². The Kier molecular flexibility index (Phi) is 5.06. The average Bonchev–Trinajstić information content (AvgIpc) is 2.70. The molecule has 1 atom stereocenters. The number of ether oxygens (including phenoxy) is 1. The third kappa shape index (κ3) is 3.47. The van der Waals surface area contributed by atoms with Gasteiger partial charge in [-0.1, -0.05) is 12.1 Å². The van der Waals surface area contributed by atoms with E-state index in [-0.39, 0.29) is 18.4 Å². The molecule has 21 heavy (non-hydrogen) atoms. The summed E-state index contributed by atoms with van der Waals surface area (Å²) < 4.78 is 4.86. The lowest BCUT2D eigenvalue weighted by molar-refractivity contribution is 0.0405. The van der Waals surface area contributed by atoms with Gasteiger partial charge in [0, 0.05) is 26.7 Å². The fraction of sp³-hybridized carbons (Fsp3) is 0.467. The number of carbonyl (C=O) groups excluding carboxylic acids is 2. The number of aliphatic hydroxyl groups excluding tert-OH is 1. The molecule has 2 rings (SSSR count). The Labute approximate surface area is 123 Å². The number of hydrogen-bond acceptors (Lipinski definition) is 5. The van der Waals surface area contributed by atoms with Crippen molar-refractivity contribution in [1.82, 2.24) is 9.80 Å². The summed E-state index contributed by atoms with van der Waals surface area (Å²) in [6.07, 6.45) is -0.581. The summed E-state index contributed by atoms with van der Waals surface area (Å²) in [5, 5.41) is 9.64. The molecule has 0 fully saturated rings. The van der Waals surface area contributed by atoms with E-state index in [4.69, 9.17) is 4.74 Å². The number of hydrogen-bond donors (Lipinski definition) is 1. The lowest BCUT2D eigenvalue weighted by atomic mass is 10.1. The monoisotopic (exact) mass is 292 g/mol. The van der Waals surface area contributed by atoms with Gasteiger partial charge in [-0.2, -0.15) is 0 Å². The normalized spacial score (nSPS) is 15.7. The SMILES string of the molecule is COCC(O)CN(C)CCN1C(=O)c2ccccc2C1=O. The predicted octanol–water partition coefficient (Wildman–Crippen LogP) is 0.222. The number of amides is 2. The first-order chi connectivity index (χ1) is 10.0. The number of methoxy groups -OCH3 is 1. The number of likely N-dealkylation sites (N-methyl/N-ethyl adjacent to an activating group) is 1. The van der Waals surface area contributed by atoms with Gasteiger partial charge in [-0.15, -0.1) is 0 Å². The van der Waals surface area contributed by atoms with Crippen molar-refractivity contribution in [2.24, 2.45) is 0 Å². The van der Waals surface area contributed by atoms with Crippen LogP contribution in [0.2, 0.25) is 0 Å². The van der Waals surface area contributed by atoms with Crippen molar-refractivity contribution in [3.63, 3.8) is 0 Å². The molecule has 0 saturated heterocycles. The van der Waals surface area contributed by atoms with Gasteiger partial charge in [-0.05, 0) is 19.2 Å². The molecule has 1 aliphatic rings. The lowest BCUT2D eigenvalue weighted by Crippen LogP contribution is -2.40. The standard InChI is InChI=1S/C15H20N2O4/c1-16(9-11(18)10-21-2)7-8-17-14(19)12-5-3-4-6-13(12)15(17)20/h3-6,11,18H,7-10H2,1-2H3. The van der Waals surface area contributed by atoms with Crippen LogP contribution in [-0.4, -0.2) is 73.2 Å². The van der Waals surface area contributed by atoms with Gasteiger partial charge in [-0.3, -0.25) is 14.5 Å². The van der Waals surface area contributed by atoms with Crippen molar-refractivity contribution >= 4 is 11.8 Å². The topological polar surface area (TPSA) is 70.1 Å². The van der Waals surface area contributed by atoms with Crippen LogP contribution in [0.25, 0.3) is 0 Å². The minimum atomic E-state index is -0.581. The molecular formula is C15H20N2O4. The maximum atomic E-state index is 12.2. The fourth-order valence-electron chi connectivity index (χ4n) is 2.41. The maximum absolute atomic E-state index is 12.2. The van der Waals surface area contributed by atoms with Crippen molar-refractivity contribution < 1.29 is 19.4 Å². The predicted molar refractivity (Wildman–Crippen MR) is 77.2 cm³/mol. The van der Waals surface area contributed by atoms with Gasteiger partial charge in [0.05, 0.1) is 23.8 Å². The van der Waals surface area contributed by atoms with Gasteiger partial charge in [-0.25, -0.2) is 0 Å². The molecule has 0 aliphatic carbocycles. The average molecular weight is 292 g/mol. The van der Waals surface area contributed by atoms with Gasteiger partial charge in [0.15, 0.2) is 0 Å². The minimum absolute atomic E-state index is 0.249. The summed E-state index contributed by atoms with van der Waals surface area (Å²) in [7, 11) is 3.36. The van der Waals surface area contributed by atoms with Crippen LogP contribution in [0.5, 0.6) is 0 Å². The molecule has 0 spiro atoms. The van der Waals surface area contributed by atoms with Gasteiger partial charge in [0.1, 0.15) is 0 Å². The van der Waals surface area contributed by atoms with E-state index in [1.807, 2.05) is 11.9 Å². The zero-order valence-electron chi connectivity index (χ0n) is 12.3. The summed E-state index contributed by atoms with van der Waals surface area (Å²) in [5.41, 5.74) is 0.925. The van der Waals surface area contributed by atoms with E-state index in [0.29, 0.717) is 30.8 Å². The fourth-order valence-corrected chi connectivity index (χ4v) is 2.41. The van der Waals surface area contributed by atoms with Gasteiger partial charge in [0.2, 0.25) is 0 Å². The van der Waals surface area contributed by atoms with Crippen molar-refractivity contribution in [2.45, 2.75) is 6.10 Å². The highest BCUT2D eigenvalue weighted by atomic mass is 16.5. The highest BCUT2D eigenvalue weighted by Crippen LogP contribution is 2.21. The van der Waals surface area contributed by atoms with Crippen LogP contribution in [-0.2, 0) is 4.74 Å². The third-order valence-corrected chi connectivity index (χ3v) is 3.46. The van der Waals surface area contributed by atoms with E-state index in [9.17, 15) is 14.7 Å². The largest absolute Gasteiger partial charge is 0.389 e. The van der Waals surface area contributed by atoms with Gasteiger partial charge < -0.3 is 14.7 Å². The van der Waals surface area contributed by atoms with Crippen LogP contribution in [0.3, 0.4) is 0 Å².